The molecule has 4 N–H and O–H groups in total. The second-order valence-electron chi connectivity index (χ2n) is 19.8. The molecule has 4 rings (SSSR count). The van der Waals surface area contributed by atoms with E-state index in [4.69, 9.17) is 19.9 Å². The number of nitrogens with two attached hydrogens (primary N) is 1. The Labute approximate surface area is 390 Å². The molecule has 2 saturated heterocycles. The van der Waals surface area contributed by atoms with Crippen LogP contribution in [0.5, 0.6) is 0 Å². The van der Waals surface area contributed by atoms with Crippen LogP contribution in [0.3, 0.4) is 0 Å². The van der Waals surface area contributed by atoms with Crippen LogP contribution in [0.1, 0.15) is 124 Å². The van der Waals surface area contributed by atoms with Crippen LogP contribution in [0.2, 0.25) is 0 Å². The minimum Gasteiger partial charge on any atom is -0.379 e. The van der Waals surface area contributed by atoms with E-state index in [0.29, 0.717) is 39.1 Å². The van der Waals surface area contributed by atoms with Gasteiger partial charge in [-0.1, -0.05) is 98.1 Å². The Hall–Kier alpha value is -3.63. The van der Waals surface area contributed by atoms with Crippen molar-refractivity contribution in [2.24, 2.45) is 29.4 Å². The number of rotatable bonds is 26. The molecule has 0 aromatic heterocycles. The first-order chi connectivity index (χ1) is 31.0. The molecule has 0 unspecified atom stereocenters. The first kappa shape index (κ1) is 54.0. The number of likely N-dealkylation sites (N-methyl/N-ethyl adjacent to an activating group) is 2. The minimum atomic E-state index is -1.09. The highest BCUT2D eigenvalue weighted by Gasteiger charge is 2.63. The summed E-state index contributed by atoms with van der Waals surface area (Å²) in [6.07, 6.45) is 6.10. The van der Waals surface area contributed by atoms with Crippen LogP contribution in [0, 0.1) is 23.7 Å². The van der Waals surface area contributed by atoms with E-state index in [1.807, 2.05) is 70.0 Å². The zero-order chi connectivity index (χ0) is 48.0. The summed E-state index contributed by atoms with van der Waals surface area (Å²) in [6, 6.07) is 7.74. The SMILES string of the molecule is CC[C@H](C)[C@@H]([C@@H](CC(=O)N1CCC[C@H]1[C@H](OC)[C@@H](C)C(=O)N[C@@]1(C(=O)N2CCCOC2)C[C@@H]1c1ccccc1)OC)N(C)C(=O)[C@@H](NC(=O)[C@H](C(C)C)N(C)CCCCCCN)C(C)C. The molecule has 1 aromatic rings. The molecular weight excluding hydrogens is 827 g/mol. The lowest BCUT2D eigenvalue weighted by Gasteiger charge is -2.41. The number of benzene rings is 1. The number of carbonyl (C=O) groups excluding carboxylic acids is 5. The van der Waals surface area contributed by atoms with Crippen LogP contribution < -0.4 is 16.4 Å². The van der Waals surface area contributed by atoms with Crippen LogP contribution in [0.4, 0.5) is 0 Å². The van der Waals surface area contributed by atoms with Gasteiger partial charge in [0.1, 0.15) is 18.3 Å². The maximum Gasteiger partial charge on any atom is 0.250 e. The smallest absolute Gasteiger partial charge is 0.250 e. The van der Waals surface area contributed by atoms with E-state index in [1.54, 1.807) is 38.0 Å². The van der Waals surface area contributed by atoms with Crippen molar-refractivity contribution in [2.45, 2.75) is 161 Å². The first-order valence-corrected chi connectivity index (χ1v) is 24.6. The Balaban J connectivity index is 1.48. The van der Waals surface area contributed by atoms with Crippen molar-refractivity contribution in [1.82, 2.24) is 30.2 Å². The molecule has 2 aliphatic heterocycles. The fourth-order valence-electron chi connectivity index (χ4n) is 10.4. The molecule has 3 fully saturated rings. The van der Waals surface area contributed by atoms with E-state index in [0.717, 1.165) is 57.1 Å². The summed E-state index contributed by atoms with van der Waals surface area (Å²) in [5.41, 5.74) is 5.57. The molecule has 3 aliphatic rings. The van der Waals surface area contributed by atoms with Crippen molar-refractivity contribution < 1.29 is 38.2 Å². The molecule has 1 aromatic carbocycles. The van der Waals surface area contributed by atoms with Crippen molar-refractivity contribution in [2.75, 3.05) is 67.8 Å². The molecule has 368 valence electrons. The summed E-state index contributed by atoms with van der Waals surface area (Å²) < 4.78 is 17.8. The number of methoxy groups -OCH3 is 2. The predicted octanol–water partition coefficient (Wildman–Crippen LogP) is 4.77. The van der Waals surface area contributed by atoms with Crippen molar-refractivity contribution in [3.63, 3.8) is 0 Å². The highest BCUT2D eigenvalue weighted by molar-refractivity contribution is 5.97. The molecule has 0 bridgehead atoms. The van der Waals surface area contributed by atoms with Gasteiger partial charge in [-0.2, -0.15) is 0 Å². The Kier molecular flexibility index (Phi) is 21.2. The number of unbranched alkanes of at least 4 members (excludes halogenated alkanes) is 3. The highest BCUT2D eigenvalue weighted by atomic mass is 16.5. The van der Waals surface area contributed by atoms with E-state index in [-0.39, 0.29) is 66.4 Å². The van der Waals surface area contributed by atoms with Gasteiger partial charge in [0, 0.05) is 40.3 Å². The Morgan fingerprint density at radius 3 is 2.18 bits per heavy atom. The van der Waals surface area contributed by atoms with Crippen LogP contribution >= 0.6 is 0 Å². The summed E-state index contributed by atoms with van der Waals surface area (Å²) in [5, 5.41) is 6.34. The third-order valence-electron chi connectivity index (χ3n) is 14.5. The number of amides is 5. The van der Waals surface area contributed by atoms with Gasteiger partial charge >= 0.3 is 0 Å². The normalized spacial score (nSPS) is 23.1. The van der Waals surface area contributed by atoms with Crippen molar-refractivity contribution in [1.29, 1.82) is 0 Å². The Bertz CT molecular complexity index is 1680. The zero-order valence-electron chi connectivity index (χ0n) is 41.7. The lowest BCUT2D eigenvalue weighted by Crippen LogP contribution is -2.60. The monoisotopic (exact) mass is 912 g/mol. The maximum absolute atomic E-state index is 14.6. The molecule has 65 heavy (non-hydrogen) atoms. The fourth-order valence-corrected chi connectivity index (χ4v) is 10.4. The number of hydrogen-bond donors (Lipinski definition) is 3. The van der Waals surface area contributed by atoms with Crippen LogP contribution in [0.15, 0.2) is 30.3 Å². The van der Waals surface area contributed by atoms with E-state index in [2.05, 4.69) is 29.4 Å². The zero-order valence-corrected chi connectivity index (χ0v) is 41.7. The van der Waals surface area contributed by atoms with E-state index in [1.165, 1.54) is 0 Å². The molecule has 2 heterocycles. The molecular formula is C50H85N7O8. The molecule has 0 spiro atoms. The maximum atomic E-state index is 14.6. The molecule has 15 nitrogen and oxygen atoms in total. The van der Waals surface area contributed by atoms with E-state index < -0.39 is 47.8 Å². The predicted molar refractivity (Wildman–Crippen MR) is 253 cm³/mol. The second kappa shape index (κ2) is 25.5. The topological polar surface area (TPSA) is 176 Å². The first-order valence-electron chi connectivity index (χ1n) is 24.6. The molecule has 0 radical (unpaired) electrons. The van der Waals surface area contributed by atoms with E-state index >= 15 is 0 Å². The van der Waals surface area contributed by atoms with Gasteiger partial charge in [-0.3, -0.25) is 28.9 Å². The molecule has 1 aliphatic carbocycles. The average molecular weight is 912 g/mol. The standard InChI is InChI=1S/C50H85N7O8/c1-12-35(6)44(55(9)48(61)42(33(2)3)52-47(60)43(34(4)5)54(8)26-19-14-13-18-25-51)40(63-10)30-41(58)57-28-20-24-39(57)45(64-11)36(7)46(59)53-50(49(62)56-27-21-29-65-32-56)31-38(50)37-22-16-15-17-23-37/h15-17,22-23,33-36,38-40,42-45H,12-14,18-21,24-32,51H2,1-11H3,(H,52,60)(H,53,59)/t35-,36+,38+,39-,40+,42-,43-,44-,45+,50-/m0/s1. The number of nitrogens with one attached hydrogen (secondary N) is 2. The van der Waals surface area contributed by atoms with Gasteiger partial charge in [0.05, 0.1) is 49.3 Å². The second-order valence-corrected chi connectivity index (χ2v) is 19.8. The molecule has 10 atom stereocenters. The van der Waals surface area contributed by atoms with Gasteiger partial charge in [-0.15, -0.1) is 0 Å². The molecule has 1 saturated carbocycles. The third-order valence-corrected chi connectivity index (χ3v) is 14.5. The number of hydrogen-bond acceptors (Lipinski definition) is 10. The summed E-state index contributed by atoms with van der Waals surface area (Å²) in [4.78, 5) is 78.9. The average Bonchev–Trinajstić information content (AvgIpc) is 3.82. The highest BCUT2D eigenvalue weighted by Crippen LogP contribution is 2.53. The summed E-state index contributed by atoms with van der Waals surface area (Å²) in [6.45, 7) is 17.1. The minimum absolute atomic E-state index is 0.00904. The fraction of sp³-hybridized carbons (Fsp3) is 0.780. The van der Waals surface area contributed by atoms with Gasteiger partial charge < -0.3 is 45.3 Å². The number of nitrogens with zero attached hydrogens (tertiary/aromatic N) is 4. The number of carbonyl (C=O) groups is 5. The molecule has 5 amide bonds. The van der Waals surface area contributed by atoms with Gasteiger partial charge in [0.15, 0.2) is 0 Å². The Morgan fingerprint density at radius 1 is 0.908 bits per heavy atom. The summed E-state index contributed by atoms with van der Waals surface area (Å²) in [7, 11) is 6.87. The lowest BCUT2D eigenvalue weighted by atomic mass is 9.89. The van der Waals surface area contributed by atoms with Crippen molar-refractivity contribution >= 4 is 29.5 Å². The van der Waals surface area contributed by atoms with Crippen molar-refractivity contribution in [3.05, 3.63) is 35.9 Å². The summed E-state index contributed by atoms with van der Waals surface area (Å²) in [5.74, 6) is -2.07. The lowest BCUT2D eigenvalue weighted by molar-refractivity contribution is -0.149. The number of likely N-dealkylation sites (tertiary alicyclic amines) is 1. The van der Waals surface area contributed by atoms with Crippen molar-refractivity contribution in [3.8, 4) is 0 Å². The Morgan fingerprint density at radius 2 is 1.60 bits per heavy atom. The van der Waals surface area contributed by atoms with Gasteiger partial charge in [-0.25, -0.2) is 0 Å². The van der Waals surface area contributed by atoms with Gasteiger partial charge in [0.2, 0.25) is 23.6 Å². The number of ether oxygens (including phenoxy) is 3. The van der Waals surface area contributed by atoms with E-state index in [9.17, 15) is 24.0 Å². The van der Waals surface area contributed by atoms with Crippen LogP contribution in [-0.4, -0.2) is 159 Å². The van der Waals surface area contributed by atoms with Crippen LogP contribution in [-0.2, 0) is 38.2 Å². The summed E-state index contributed by atoms with van der Waals surface area (Å²) >= 11 is 0. The molecule has 15 heteroatoms. The van der Waals surface area contributed by atoms with Gasteiger partial charge in [-0.05, 0) is 82.0 Å². The quantitative estimate of drug-likeness (QED) is 0.110. The van der Waals surface area contributed by atoms with Crippen LogP contribution in [0.25, 0.3) is 0 Å². The van der Waals surface area contributed by atoms with Gasteiger partial charge in [0.25, 0.3) is 5.91 Å². The third kappa shape index (κ3) is 13.5. The largest absolute Gasteiger partial charge is 0.379 e.